The molecule has 0 bridgehead atoms. The summed E-state index contributed by atoms with van der Waals surface area (Å²) in [7, 11) is -2.29. The van der Waals surface area contributed by atoms with Gasteiger partial charge >= 0.3 is 6.03 Å². The van der Waals surface area contributed by atoms with Crippen LogP contribution in [0, 0.1) is 5.41 Å². The lowest BCUT2D eigenvalue weighted by atomic mass is 9.72. The van der Waals surface area contributed by atoms with Crippen molar-refractivity contribution in [1.82, 2.24) is 9.80 Å². The van der Waals surface area contributed by atoms with E-state index < -0.39 is 19.7 Å². The number of hydrogen-bond acceptors (Lipinski definition) is 5. The van der Waals surface area contributed by atoms with Gasteiger partial charge in [-0.3, -0.25) is 9.36 Å². The highest BCUT2D eigenvalue weighted by Gasteiger charge is 2.63. The van der Waals surface area contributed by atoms with Crippen LogP contribution in [0.1, 0.15) is 83.1 Å². The quantitative estimate of drug-likeness (QED) is 0.136. The third-order valence-corrected chi connectivity index (χ3v) is 9.49. The Morgan fingerprint density at radius 3 is 2.26 bits per heavy atom. The fourth-order valence-electron chi connectivity index (χ4n) is 5.32. The summed E-state index contributed by atoms with van der Waals surface area (Å²) in [5.74, 6) is 0.355. The minimum Gasteiger partial charge on any atom is -0.469 e. The summed E-state index contributed by atoms with van der Waals surface area (Å²) >= 11 is 0. The molecule has 0 saturated carbocycles. The van der Waals surface area contributed by atoms with Crippen LogP contribution in [-0.2, 0) is 13.9 Å². The van der Waals surface area contributed by atoms with Gasteiger partial charge in [-0.1, -0.05) is 69.3 Å². The summed E-state index contributed by atoms with van der Waals surface area (Å²) in [6.45, 7) is 14.5. The van der Waals surface area contributed by atoms with E-state index in [1.807, 2.05) is 89.2 Å². The van der Waals surface area contributed by atoms with Gasteiger partial charge in [0.15, 0.2) is 14.3 Å². The molecule has 4 atom stereocenters. The number of imide groups is 1. The Bertz CT molecular complexity index is 1130. The number of benzene rings is 2. The number of carbonyl (C=O) groups is 2. The minimum atomic E-state index is -2.29. The van der Waals surface area contributed by atoms with Crippen molar-refractivity contribution in [2.75, 3.05) is 13.2 Å². The van der Waals surface area contributed by atoms with E-state index in [2.05, 4.69) is 6.58 Å². The van der Waals surface area contributed by atoms with Crippen LogP contribution in [0.3, 0.4) is 0 Å². The first-order valence-electron chi connectivity index (χ1n) is 14.0. The van der Waals surface area contributed by atoms with E-state index in [0.717, 1.165) is 17.5 Å². The largest absolute Gasteiger partial charge is 0.469 e. The van der Waals surface area contributed by atoms with Gasteiger partial charge < -0.3 is 14.2 Å². The van der Waals surface area contributed by atoms with E-state index in [0.29, 0.717) is 38.2 Å². The van der Waals surface area contributed by atoms with Crippen molar-refractivity contribution in [2.45, 2.75) is 78.2 Å². The number of hydrogen-bond donors (Lipinski definition) is 0. The Morgan fingerprint density at radius 2 is 1.72 bits per heavy atom. The number of nitrogens with zero attached hydrogens (tertiary/aromatic N) is 2. The molecule has 1 fully saturated rings. The molecule has 0 radical (unpaired) electrons. The average Bonchev–Trinajstić information content (AvgIpc) is 2.96. The predicted octanol–water partition coefficient (Wildman–Crippen LogP) is 7.76. The van der Waals surface area contributed by atoms with Gasteiger partial charge in [0.2, 0.25) is 5.91 Å². The molecule has 3 rings (SSSR count). The van der Waals surface area contributed by atoms with Crippen LogP contribution in [0.25, 0.3) is 0 Å². The summed E-state index contributed by atoms with van der Waals surface area (Å²) in [5.41, 5.74) is 0.851. The Kier molecular flexibility index (Phi) is 11.0. The summed E-state index contributed by atoms with van der Waals surface area (Å²) < 4.78 is 24.5. The van der Waals surface area contributed by atoms with Crippen molar-refractivity contribution in [3.8, 4) is 5.75 Å². The molecule has 2 aromatic rings. The SMILES string of the molecule is C=CCC(c1ccc(O[C@@H]2N(C(=O)N(CCC)[C@H](C)c3ccccc3)C(=O)C2(CC)CC)cc1)[PH](=O)OCC. The first kappa shape index (κ1) is 30.6. The first-order valence-corrected chi connectivity index (χ1v) is 15.4. The number of likely N-dealkylation sites (tertiary alicyclic amines) is 1. The van der Waals surface area contributed by atoms with E-state index >= 15 is 0 Å². The number of allylic oxidation sites excluding steroid dienone is 1. The van der Waals surface area contributed by atoms with Crippen LogP contribution in [0.2, 0.25) is 0 Å². The van der Waals surface area contributed by atoms with Gasteiger partial charge in [0.25, 0.3) is 0 Å². The first-order chi connectivity index (χ1) is 18.8. The second kappa shape index (κ2) is 14.0. The molecule has 0 aromatic heterocycles. The number of urea groups is 1. The molecule has 1 heterocycles. The molecule has 212 valence electrons. The highest BCUT2D eigenvalue weighted by Crippen LogP contribution is 2.48. The van der Waals surface area contributed by atoms with Gasteiger partial charge in [0.05, 0.1) is 18.3 Å². The van der Waals surface area contributed by atoms with Crippen molar-refractivity contribution < 1.29 is 23.4 Å². The molecular weight excluding hydrogens is 511 g/mol. The smallest absolute Gasteiger partial charge is 0.330 e. The third kappa shape index (κ3) is 6.31. The van der Waals surface area contributed by atoms with Crippen molar-refractivity contribution in [2.24, 2.45) is 5.41 Å². The fourth-order valence-corrected chi connectivity index (χ4v) is 6.63. The van der Waals surface area contributed by atoms with Crippen LogP contribution >= 0.6 is 8.03 Å². The maximum absolute atomic E-state index is 13.9. The highest BCUT2D eigenvalue weighted by atomic mass is 31.1. The second-order valence-corrected chi connectivity index (χ2v) is 11.6. The van der Waals surface area contributed by atoms with E-state index in [9.17, 15) is 14.2 Å². The van der Waals surface area contributed by atoms with Crippen LogP contribution in [0.4, 0.5) is 4.79 Å². The minimum absolute atomic E-state index is 0.193. The summed E-state index contributed by atoms with van der Waals surface area (Å²) in [6, 6.07) is 16.7. The molecule has 8 heteroatoms. The molecule has 2 unspecified atom stereocenters. The lowest BCUT2D eigenvalue weighted by Crippen LogP contribution is -2.74. The van der Waals surface area contributed by atoms with E-state index in [1.165, 1.54) is 4.90 Å². The van der Waals surface area contributed by atoms with E-state index in [1.54, 1.807) is 11.0 Å². The third-order valence-electron chi connectivity index (χ3n) is 7.78. The maximum atomic E-state index is 13.9. The van der Waals surface area contributed by atoms with Crippen molar-refractivity contribution >= 4 is 20.0 Å². The number of β-lactam (4-membered cyclic amide) rings is 1. The number of rotatable bonds is 14. The molecule has 1 aliphatic rings. The molecular formula is C31H43N2O5P. The lowest BCUT2D eigenvalue weighted by molar-refractivity contribution is -0.192. The Labute approximate surface area is 234 Å². The normalized spacial score (nSPS) is 18.5. The summed E-state index contributed by atoms with van der Waals surface area (Å²) in [6.07, 6.45) is 3.46. The van der Waals surface area contributed by atoms with Crippen molar-refractivity contribution in [1.29, 1.82) is 0 Å². The van der Waals surface area contributed by atoms with Crippen molar-refractivity contribution in [3.63, 3.8) is 0 Å². The van der Waals surface area contributed by atoms with Crippen LogP contribution < -0.4 is 4.74 Å². The fraction of sp³-hybridized carbons (Fsp3) is 0.484. The van der Waals surface area contributed by atoms with Crippen LogP contribution in [-0.4, -0.2) is 41.1 Å². The molecule has 39 heavy (non-hydrogen) atoms. The zero-order valence-electron chi connectivity index (χ0n) is 23.9. The van der Waals surface area contributed by atoms with Gasteiger partial charge in [-0.25, -0.2) is 9.69 Å². The highest BCUT2D eigenvalue weighted by molar-refractivity contribution is 7.39. The molecule has 2 aromatic carbocycles. The topological polar surface area (TPSA) is 76.2 Å². The molecule has 0 N–H and O–H groups in total. The molecule has 0 aliphatic carbocycles. The van der Waals surface area contributed by atoms with Crippen molar-refractivity contribution in [3.05, 3.63) is 78.4 Å². The zero-order chi connectivity index (χ0) is 28.6. The van der Waals surface area contributed by atoms with Gasteiger partial charge in [0.1, 0.15) is 11.2 Å². The molecule has 1 aliphatic heterocycles. The second-order valence-electron chi connectivity index (χ2n) is 9.97. The molecule has 7 nitrogen and oxygen atoms in total. The average molecular weight is 555 g/mol. The van der Waals surface area contributed by atoms with Gasteiger partial charge in [-0.15, -0.1) is 6.58 Å². The van der Waals surface area contributed by atoms with Gasteiger partial charge in [0, 0.05) is 6.54 Å². The summed E-state index contributed by atoms with van der Waals surface area (Å²) in [5, 5.41) is 0. The summed E-state index contributed by atoms with van der Waals surface area (Å²) in [4.78, 5) is 30.5. The monoisotopic (exact) mass is 554 g/mol. The molecule has 3 amide bonds. The standard InChI is InChI=1S/C31H43N2O5P/c1-7-15-27(39(36)37-11-5)25-18-20-26(21-19-25)38-29-31(9-3,10-4)28(34)33(29)30(35)32(22-8-2)23(6)24-16-13-12-14-17-24/h7,12-14,16-21,23,27,29,39H,1,8-11,15,22H2,2-6H3/t23-,27?,29+/m1/s1. The zero-order valence-corrected chi connectivity index (χ0v) is 24.9. The van der Waals surface area contributed by atoms with E-state index in [-0.39, 0.29) is 23.6 Å². The van der Waals surface area contributed by atoms with Crippen LogP contribution in [0.15, 0.2) is 67.3 Å². The Balaban J connectivity index is 1.88. The number of ether oxygens (including phenoxy) is 1. The number of carbonyl (C=O) groups excluding carboxylic acids is 2. The van der Waals surface area contributed by atoms with Crippen LogP contribution in [0.5, 0.6) is 5.75 Å². The maximum Gasteiger partial charge on any atom is 0.330 e. The Morgan fingerprint density at radius 1 is 1.08 bits per heavy atom. The van der Waals surface area contributed by atoms with Gasteiger partial charge in [-0.2, -0.15) is 0 Å². The van der Waals surface area contributed by atoms with Gasteiger partial charge in [-0.05, 0) is 62.8 Å². The molecule has 1 saturated heterocycles. The van der Waals surface area contributed by atoms with E-state index in [4.69, 9.17) is 9.26 Å². The number of amides is 3. The Hall–Kier alpha value is -2.89. The predicted molar refractivity (Wildman–Crippen MR) is 156 cm³/mol. The lowest BCUT2D eigenvalue weighted by Gasteiger charge is -2.54. The molecule has 0 spiro atoms.